The second-order valence-electron chi connectivity index (χ2n) is 11.4. The molecule has 5 heteroatoms. The van der Waals surface area contributed by atoms with E-state index in [4.69, 9.17) is 4.74 Å². The normalized spacial score (nSPS) is 12.9. The zero-order valence-corrected chi connectivity index (χ0v) is 25.0. The average Bonchev–Trinajstić information content (AvgIpc) is 3.29. The predicted octanol–water partition coefficient (Wildman–Crippen LogP) is 8.90. The maximum Gasteiger partial charge on any atom is 0.407 e. The molecule has 0 saturated heterocycles. The van der Waals surface area contributed by atoms with Crippen molar-refractivity contribution in [2.45, 2.75) is 122 Å². The number of amides is 2. The van der Waals surface area contributed by atoms with E-state index in [1.54, 1.807) is 6.92 Å². The molecule has 220 valence electrons. The summed E-state index contributed by atoms with van der Waals surface area (Å²) in [7, 11) is 0. The van der Waals surface area contributed by atoms with Gasteiger partial charge in [0.05, 0.1) is 0 Å². The van der Waals surface area contributed by atoms with E-state index in [9.17, 15) is 9.59 Å². The number of benzene rings is 2. The highest BCUT2D eigenvalue weighted by atomic mass is 16.5. The van der Waals surface area contributed by atoms with Crippen LogP contribution in [0.3, 0.4) is 0 Å². The number of ether oxygens (including phenoxy) is 1. The Morgan fingerprint density at radius 3 is 1.65 bits per heavy atom. The Kier molecular flexibility index (Phi) is 14.7. The Balaban J connectivity index is 1.18. The minimum Gasteiger partial charge on any atom is -0.449 e. The van der Waals surface area contributed by atoms with Crippen molar-refractivity contribution < 1.29 is 14.3 Å². The van der Waals surface area contributed by atoms with Gasteiger partial charge in [0.25, 0.3) is 0 Å². The van der Waals surface area contributed by atoms with Gasteiger partial charge in [-0.25, -0.2) is 4.79 Å². The molecular formula is C35H52N2O3. The van der Waals surface area contributed by atoms with Gasteiger partial charge in [0, 0.05) is 12.5 Å². The summed E-state index contributed by atoms with van der Waals surface area (Å²) in [5, 5.41) is 5.63. The van der Waals surface area contributed by atoms with Crippen LogP contribution in [0.5, 0.6) is 0 Å². The van der Waals surface area contributed by atoms with Crippen LogP contribution in [0.4, 0.5) is 4.79 Å². The maximum absolute atomic E-state index is 12.4. The Morgan fingerprint density at radius 2 is 1.15 bits per heavy atom. The molecule has 0 unspecified atom stereocenters. The first-order valence-electron chi connectivity index (χ1n) is 16.0. The SMILES string of the molecule is CCCCCCCCCCCCCCCCCNC(=O)[C@@H](C)NC(=O)OCC1c2ccccc2-c2ccccc21. The van der Waals surface area contributed by atoms with Gasteiger partial charge in [0.15, 0.2) is 0 Å². The third-order valence-corrected chi connectivity index (χ3v) is 8.15. The summed E-state index contributed by atoms with van der Waals surface area (Å²) in [5.41, 5.74) is 4.73. The number of nitrogens with one attached hydrogen (secondary N) is 2. The summed E-state index contributed by atoms with van der Waals surface area (Å²) in [6.45, 7) is 4.86. The molecule has 5 nitrogen and oxygen atoms in total. The molecule has 0 heterocycles. The van der Waals surface area contributed by atoms with E-state index in [2.05, 4.69) is 41.8 Å². The summed E-state index contributed by atoms with van der Waals surface area (Å²) in [4.78, 5) is 24.9. The fourth-order valence-electron chi connectivity index (χ4n) is 5.74. The number of fused-ring (bicyclic) bond motifs is 3. The molecule has 0 aliphatic heterocycles. The van der Waals surface area contributed by atoms with Crippen LogP contribution in [0.25, 0.3) is 11.1 Å². The van der Waals surface area contributed by atoms with Gasteiger partial charge in [-0.15, -0.1) is 0 Å². The van der Waals surface area contributed by atoms with E-state index in [1.807, 2.05) is 24.3 Å². The van der Waals surface area contributed by atoms with Crippen LogP contribution in [0.2, 0.25) is 0 Å². The van der Waals surface area contributed by atoms with E-state index in [0.717, 1.165) is 12.8 Å². The molecule has 2 aromatic rings. The van der Waals surface area contributed by atoms with Crippen molar-refractivity contribution in [3.05, 3.63) is 59.7 Å². The smallest absolute Gasteiger partial charge is 0.407 e. The fraction of sp³-hybridized carbons (Fsp3) is 0.600. The zero-order chi connectivity index (χ0) is 28.4. The monoisotopic (exact) mass is 548 g/mol. The van der Waals surface area contributed by atoms with E-state index < -0.39 is 12.1 Å². The van der Waals surface area contributed by atoms with Crippen LogP contribution in [0.15, 0.2) is 48.5 Å². The fourth-order valence-corrected chi connectivity index (χ4v) is 5.74. The van der Waals surface area contributed by atoms with Crippen LogP contribution < -0.4 is 10.6 Å². The molecule has 0 fully saturated rings. The number of carbonyl (C=O) groups is 2. The van der Waals surface area contributed by atoms with Gasteiger partial charge in [-0.05, 0) is 35.6 Å². The number of hydrogen-bond acceptors (Lipinski definition) is 3. The van der Waals surface area contributed by atoms with E-state index in [0.29, 0.717) is 6.54 Å². The largest absolute Gasteiger partial charge is 0.449 e. The van der Waals surface area contributed by atoms with Gasteiger partial charge in [0.2, 0.25) is 5.91 Å². The number of rotatable bonds is 20. The second kappa shape index (κ2) is 18.5. The van der Waals surface area contributed by atoms with Gasteiger partial charge in [-0.2, -0.15) is 0 Å². The molecule has 1 aliphatic carbocycles. The first-order chi connectivity index (χ1) is 19.6. The summed E-state index contributed by atoms with van der Waals surface area (Å²) < 4.78 is 5.57. The molecule has 0 radical (unpaired) electrons. The van der Waals surface area contributed by atoms with Crippen molar-refractivity contribution in [3.63, 3.8) is 0 Å². The quantitative estimate of drug-likeness (QED) is 0.162. The minimum absolute atomic E-state index is 0.00684. The predicted molar refractivity (Wildman–Crippen MR) is 166 cm³/mol. The molecule has 2 aromatic carbocycles. The average molecular weight is 549 g/mol. The van der Waals surface area contributed by atoms with Crippen molar-refractivity contribution in [1.29, 1.82) is 0 Å². The minimum atomic E-state index is -0.632. The summed E-state index contributed by atoms with van der Waals surface area (Å²) in [6, 6.07) is 15.9. The molecule has 2 N–H and O–H groups in total. The van der Waals surface area contributed by atoms with Gasteiger partial charge >= 0.3 is 6.09 Å². The zero-order valence-electron chi connectivity index (χ0n) is 25.0. The summed E-state index contributed by atoms with van der Waals surface area (Å²) in [6.07, 6.45) is 19.3. The molecule has 0 spiro atoms. The molecule has 3 rings (SSSR count). The molecule has 1 atom stereocenters. The maximum atomic E-state index is 12.4. The highest BCUT2D eigenvalue weighted by Gasteiger charge is 2.29. The second-order valence-corrected chi connectivity index (χ2v) is 11.4. The lowest BCUT2D eigenvalue weighted by Gasteiger charge is -2.17. The molecule has 2 amide bonds. The van der Waals surface area contributed by atoms with Gasteiger partial charge in [0.1, 0.15) is 12.6 Å². The molecular weight excluding hydrogens is 496 g/mol. The topological polar surface area (TPSA) is 67.4 Å². The third kappa shape index (κ3) is 10.6. The Hall–Kier alpha value is -2.82. The molecule has 0 aromatic heterocycles. The summed E-state index contributed by atoms with van der Waals surface area (Å²) >= 11 is 0. The van der Waals surface area contributed by atoms with Crippen molar-refractivity contribution in [2.75, 3.05) is 13.2 Å². The van der Waals surface area contributed by atoms with Crippen LogP contribution in [-0.4, -0.2) is 31.2 Å². The van der Waals surface area contributed by atoms with Crippen LogP contribution in [0.1, 0.15) is 127 Å². The molecule has 40 heavy (non-hydrogen) atoms. The lowest BCUT2D eigenvalue weighted by molar-refractivity contribution is -0.122. The highest BCUT2D eigenvalue weighted by Crippen LogP contribution is 2.44. The third-order valence-electron chi connectivity index (χ3n) is 8.15. The number of alkyl carbamates (subject to hydrolysis) is 1. The molecule has 0 saturated carbocycles. The first-order valence-corrected chi connectivity index (χ1v) is 16.0. The van der Waals surface area contributed by atoms with E-state index in [-0.39, 0.29) is 18.4 Å². The number of hydrogen-bond donors (Lipinski definition) is 2. The Bertz CT molecular complexity index is 976. The standard InChI is InChI=1S/C35H52N2O3/c1-3-4-5-6-7-8-9-10-11-12-13-14-15-16-21-26-36-34(38)28(2)37-35(39)40-27-33-31-24-19-17-22-29(31)30-23-18-20-25-32(30)33/h17-20,22-25,28,33H,3-16,21,26-27H2,1-2H3,(H,36,38)(H,37,39)/t28-/m1/s1. The van der Waals surface area contributed by atoms with Crippen LogP contribution in [-0.2, 0) is 9.53 Å². The summed E-state index contributed by atoms with van der Waals surface area (Å²) in [5.74, 6) is -0.161. The van der Waals surface area contributed by atoms with Gasteiger partial charge in [-0.1, -0.05) is 145 Å². The lowest BCUT2D eigenvalue weighted by atomic mass is 9.98. The lowest BCUT2D eigenvalue weighted by Crippen LogP contribution is -2.45. The van der Waals surface area contributed by atoms with Gasteiger partial charge < -0.3 is 15.4 Å². The van der Waals surface area contributed by atoms with Crippen molar-refractivity contribution >= 4 is 12.0 Å². The Labute approximate surface area is 242 Å². The van der Waals surface area contributed by atoms with E-state index >= 15 is 0 Å². The molecule has 0 bridgehead atoms. The van der Waals surface area contributed by atoms with Crippen LogP contribution in [0, 0.1) is 0 Å². The number of carbonyl (C=O) groups excluding carboxylic acids is 2. The first kappa shape index (κ1) is 31.7. The number of unbranched alkanes of at least 4 members (excludes halogenated alkanes) is 14. The van der Waals surface area contributed by atoms with Crippen molar-refractivity contribution in [3.8, 4) is 11.1 Å². The van der Waals surface area contributed by atoms with Gasteiger partial charge in [-0.3, -0.25) is 4.79 Å². The van der Waals surface area contributed by atoms with Crippen molar-refractivity contribution in [1.82, 2.24) is 10.6 Å². The van der Waals surface area contributed by atoms with Crippen molar-refractivity contribution in [2.24, 2.45) is 0 Å². The highest BCUT2D eigenvalue weighted by molar-refractivity contribution is 5.85. The molecule has 1 aliphatic rings. The van der Waals surface area contributed by atoms with Crippen LogP contribution >= 0.6 is 0 Å². The Morgan fingerprint density at radius 1 is 0.700 bits per heavy atom. The van der Waals surface area contributed by atoms with E-state index in [1.165, 1.54) is 106 Å².